The van der Waals surface area contributed by atoms with Crippen LogP contribution in [0.2, 0.25) is 0 Å². The summed E-state index contributed by atoms with van der Waals surface area (Å²) in [6, 6.07) is 8.49. The van der Waals surface area contributed by atoms with Gasteiger partial charge in [-0.3, -0.25) is 0 Å². The summed E-state index contributed by atoms with van der Waals surface area (Å²) in [5.74, 6) is 3.31. The molecule has 2 heteroatoms. The zero-order valence-corrected chi connectivity index (χ0v) is 11.8. The van der Waals surface area contributed by atoms with Crippen LogP contribution >= 0.6 is 0 Å². The standard InChI is InChI=1S/C16H25NO/c1-4-18-16-8-6-5-7-14(16)15-9-13(15)11-17-10-12(2)3/h5-8,12-13,15,17H,4,9-11H2,1-3H3. The summed E-state index contributed by atoms with van der Waals surface area (Å²) in [6.45, 7) is 9.56. The van der Waals surface area contributed by atoms with Crippen LogP contribution in [0.3, 0.4) is 0 Å². The maximum absolute atomic E-state index is 5.71. The van der Waals surface area contributed by atoms with Gasteiger partial charge in [-0.2, -0.15) is 0 Å². The third-order valence-electron chi connectivity index (χ3n) is 3.50. The number of benzene rings is 1. The van der Waals surface area contributed by atoms with Gasteiger partial charge in [-0.05, 0) is 55.8 Å². The Morgan fingerprint density at radius 2 is 2.11 bits per heavy atom. The van der Waals surface area contributed by atoms with Gasteiger partial charge < -0.3 is 10.1 Å². The molecule has 1 N–H and O–H groups in total. The molecule has 1 aliphatic carbocycles. The quantitative estimate of drug-likeness (QED) is 0.797. The molecule has 2 unspecified atom stereocenters. The molecule has 0 heterocycles. The van der Waals surface area contributed by atoms with E-state index in [0.29, 0.717) is 5.92 Å². The van der Waals surface area contributed by atoms with E-state index in [2.05, 4.69) is 43.4 Å². The van der Waals surface area contributed by atoms with Crippen LogP contribution in [0, 0.1) is 11.8 Å². The Hall–Kier alpha value is -1.02. The maximum atomic E-state index is 5.71. The van der Waals surface area contributed by atoms with E-state index in [9.17, 15) is 0 Å². The number of hydrogen-bond acceptors (Lipinski definition) is 2. The number of hydrogen-bond donors (Lipinski definition) is 1. The van der Waals surface area contributed by atoms with E-state index in [1.807, 2.05) is 6.92 Å². The van der Waals surface area contributed by atoms with Gasteiger partial charge in [-0.25, -0.2) is 0 Å². The molecule has 1 aromatic rings. The van der Waals surface area contributed by atoms with Crippen LogP contribution in [0.1, 0.15) is 38.7 Å². The zero-order chi connectivity index (χ0) is 13.0. The summed E-state index contributed by atoms with van der Waals surface area (Å²) in [5.41, 5.74) is 1.40. The third-order valence-corrected chi connectivity index (χ3v) is 3.50. The lowest BCUT2D eigenvalue weighted by Crippen LogP contribution is -2.22. The molecule has 0 radical (unpaired) electrons. The highest BCUT2D eigenvalue weighted by atomic mass is 16.5. The normalized spacial score (nSPS) is 22.2. The summed E-state index contributed by atoms with van der Waals surface area (Å²) in [4.78, 5) is 0. The van der Waals surface area contributed by atoms with Crippen molar-refractivity contribution >= 4 is 0 Å². The van der Waals surface area contributed by atoms with Crippen LogP contribution < -0.4 is 10.1 Å². The van der Waals surface area contributed by atoms with Crippen LogP contribution in [0.15, 0.2) is 24.3 Å². The molecule has 1 aromatic carbocycles. The van der Waals surface area contributed by atoms with Gasteiger partial charge in [0.15, 0.2) is 0 Å². The Kier molecular flexibility index (Phi) is 4.65. The van der Waals surface area contributed by atoms with E-state index >= 15 is 0 Å². The Balaban J connectivity index is 1.86. The molecule has 18 heavy (non-hydrogen) atoms. The van der Waals surface area contributed by atoms with Gasteiger partial charge in [0.1, 0.15) is 5.75 Å². The van der Waals surface area contributed by atoms with Crippen molar-refractivity contribution in [2.75, 3.05) is 19.7 Å². The van der Waals surface area contributed by atoms with Crippen molar-refractivity contribution < 1.29 is 4.74 Å². The molecule has 1 saturated carbocycles. The molecule has 2 rings (SSSR count). The summed E-state index contributed by atoms with van der Waals surface area (Å²) in [5, 5.41) is 3.56. The summed E-state index contributed by atoms with van der Waals surface area (Å²) in [6.07, 6.45) is 1.30. The van der Waals surface area contributed by atoms with Crippen LogP contribution in [0.5, 0.6) is 5.75 Å². The van der Waals surface area contributed by atoms with Gasteiger partial charge in [0.2, 0.25) is 0 Å². The molecule has 0 aromatic heterocycles. The van der Waals surface area contributed by atoms with Gasteiger partial charge in [0, 0.05) is 0 Å². The second-order valence-electron chi connectivity index (χ2n) is 5.63. The van der Waals surface area contributed by atoms with E-state index < -0.39 is 0 Å². The molecule has 2 atom stereocenters. The van der Waals surface area contributed by atoms with Gasteiger partial charge in [-0.1, -0.05) is 32.0 Å². The first kappa shape index (κ1) is 13.4. The molecule has 0 saturated heterocycles. The Morgan fingerprint density at radius 1 is 1.33 bits per heavy atom. The Bertz CT molecular complexity index is 375. The van der Waals surface area contributed by atoms with Gasteiger partial charge >= 0.3 is 0 Å². The number of rotatable bonds is 7. The lowest BCUT2D eigenvalue weighted by atomic mass is 10.1. The van der Waals surface area contributed by atoms with Crippen molar-refractivity contribution in [3.8, 4) is 5.75 Å². The molecule has 0 spiro atoms. The topological polar surface area (TPSA) is 21.3 Å². The van der Waals surface area contributed by atoms with Crippen molar-refractivity contribution in [1.29, 1.82) is 0 Å². The van der Waals surface area contributed by atoms with Crippen LogP contribution in [0.4, 0.5) is 0 Å². The molecule has 0 bridgehead atoms. The molecular weight excluding hydrogens is 222 g/mol. The second kappa shape index (κ2) is 6.24. The fraction of sp³-hybridized carbons (Fsp3) is 0.625. The fourth-order valence-corrected chi connectivity index (χ4v) is 2.49. The average molecular weight is 247 g/mol. The SMILES string of the molecule is CCOc1ccccc1C1CC1CNCC(C)C. The molecule has 0 amide bonds. The van der Waals surface area contributed by atoms with Gasteiger partial charge in [0.05, 0.1) is 6.61 Å². The lowest BCUT2D eigenvalue weighted by molar-refractivity contribution is 0.336. The average Bonchev–Trinajstić information content (AvgIpc) is 3.09. The molecule has 1 fully saturated rings. The van der Waals surface area contributed by atoms with Crippen molar-refractivity contribution in [2.45, 2.75) is 33.1 Å². The summed E-state index contributed by atoms with van der Waals surface area (Å²) >= 11 is 0. The lowest BCUT2D eigenvalue weighted by Gasteiger charge is -2.10. The maximum Gasteiger partial charge on any atom is 0.122 e. The first-order chi connectivity index (χ1) is 8.72. The van der Waals surface area contributed by atoms with E-state index in [4.69, 9.17) is 4.74 Å². The van der Waals surface area contributed by atoms with Crippen molar-refractivity contribution in [3.63, 3.8) is 0 Å². The van der Waals surface area contributed by atoms with Crippen LogP contribution in [0.25, 0.3) is 0 Å². The Labute approximate surface area is 111 Å². The fourth-order valence-electron chi connectivity index (χ4n) is 2.49. The summed E-state index contributed by atoms with van der Waals surface area (Å²) in [7, 11) is 0. The number of nitrogens with one attached hydrogen (secondary N) is 1. The molecule has 0 aliphatic heterocycles. The number of para-hydroxylation sites is 1. The first-order valence-electron chi connectivity index (χ1n) is 7.14. The van der Waals surface area contributed by atoms with Crippen molar-refractivity contribution in [3.05, 3.63) is 29.8 Å². The highest BCUT2D eigenvalue weighted by Crippen LogP contribution is 2.49. The smallest absolute Gasteiger partial charge is 0.122 e. The minimum atomic E-state index is 0.701. The van der Waals surface area contributed by atoms with Gasteiger partial charge in [-0.15, -0.1) is 0 Å². The highest BCUT2D eigenvalue weighted by Gasteiger charge is 2.39. The van der Waals surface area contributed by atoms with Crippen LogP contribution in [-0.4, -0.2) is 19.7 Å². The van der Waals surface area contributed by atoms with Gasteiger partial charge in [0.25, 0.3) is 0 Å². The zero-order valence-electron chi connectivity index (χ0n) is 11.8. The van der Waals surface area contributed by atoms with Crippen molar-refractivity contribution in [2.24, 2.45) is 11.8 Å². The predicted molar refractivity (Wildman–Crippen MR) is 76.2 cm³/mol. The Morgan fingerprint density at radius 3 is 2.83 bits per heavy atom. The minimum Gasteiger partial charge on any atom is -0.494 e. The predicted octanol–water partition coefficient (Wildman–Crippen LogP) is 3.43. The third kappa shape index (κ3) is 3.49. The molecule has 1 aliphatic rings. The molecular formula is C16H25NO. The van der Waals surface area contributed by atoms with E-state index in [0.717, 1.165) is 37.3 Å². The number of ether oxygens (including phenoxy) is 1. The first-order valence-corrected chi connectivity index (χ1v) is 7.14. The molecule has 2 nitrogen and oxygen atoms in total. The van der Waals surface area contributed by atoms with E-state index in [1.165, 1.54) is 12.0 Å². The van der Waals surface area contributed by atoms with E-state index in [1.54, 1.807) is 0 Å². The van der Waals surface area contributed by atoms with Crippen LogP contribution in [-0.2, 0) is 0 Å². The molecule has 100 valence electrons. The highest BCUT2D eigenvalue weighted by molar-refractivity contribution is 5.39. The second-order valence-corrected chi connectivity index (χ2v) is 5.63. The largest absolute Gasteiger partial charge is 0.494 e. The van der Waals surface area contributed by atoms with Crippen molar-refractivity contribution in [1.82, 2.24) is 5.32 Å². The summed E-state index contributed by atoms with van der Waals surface area (Å²) < 4.78 is 5.71. The minimum absolute atomic E-state index is 0.701. The monoisotopic (exact) mass is 247 g/mol. The van der Waals surface area contributed by atoms with E-state index in [-0.39, 0.29) is 0 Å².